The highest BCUT2D eigenvalue weighted by Gasteiger charge is 2.40. The molecule has 15 heavy (non-hydrogen) atoms. The van der Waals surface area contributed by atoms with Gasteiger partial charge >= 0.3 is 18.1 Å². The van der Waals surface area contributed by atoms with Crippen molar-refractivity contribution in [3.05, 3.63) is 0 Å². The first-order valence-electron chi connectivity index (χ1n) is 3.72. The van der Waals surface area contributed by atoms with Crippen LogP contribution >= 0.6 is 0 Å². The van der Waals surface area contributed by atoms with Crippen LogP contribution in [0.5, 0.6) is 0 Å². The third-order valence-electron chi connectivity index (χ3n) is 1.38. The third kappa shape index (κ3) is 4.43. The summed E-state index contributed by atoms with van der Waals surface area (Å²) < 4.78 is 39.4. The Morgan fingerprint density at radius 3 is 2.33 bits per heavy atom. The zero-order valence-corrected chi connectivity index (χ0v) is 7.63. The lowest BCUT2D eigenvalue weighted by atomic mass is 10.2. The summed E-state index contributed by atoms with van der Waals surface area (Å²) in [6.07, 6.45) is -5.47. The second-order valence-corrected chi connectivity index (χ2v) is 2.45. The molecule has 0 aromatic heterocycles. The zero-order valence-electron chi connectivity index (χ0n) is 7.63. The molecule has 0 saturated heterocycles. The number of hydrogen-bond acceptors (Lipinski definition) is 4. The second-order valence-electron chi connectivity index (χ2n) is 2.45. The number of rotatable bonds is 4. The Kier molecular flexibility index (Phi) is 4.75. The van der Waals surface area contributed by atoms with Crippen LogP contribution in [0.1, 0.15) is 6.42 Å². The van der Waals surface area contributed by atoms with Crippen molar-refractivity contribution in [3.63, 3.8) is 0 Å². The van der Waals surface area contributed by atoms with Gasteiger partial charge in [-0.2, -0.15) is 13.2 Å². The van der Waals surface area contributed by atoms with Gasteiger partial charge in [0.2, 0.25) is 0 Å². The average molecular weight is 227 g/mol. The molecule has 0 aliphatic carbocycles. The Labute approximate surface area is 82.6 Å². The molecule has 0 spiro atoms. The molecular weight excluding hydrogens is 219 g/mol. The second kappa shape index (κ2) is 5.32. The molecule has 0 heterocycles. The van der Waals surface area contributed by atoms with Crippen LogP contribution in [0.25, 0.3) is 0 Å². The third-order valence-corrected chi connectivity index (χ3v) is 1.38. The smallest absolute Gasteiger partial charge is 0.467 e. The van der Waals surface area contributed by atoms with Crippen LogP contribution in [0.2, 0.25) is 0 Å². The first kappa shape index (κ1) is 13.4. The molecule has 1 N–H and O–H groups in total. The van der Waals surface area contributed by atoms with Gasteiger partial charge in [0.15, 0.2) is 0 Å². The largest absolute Gasteiger partial charge is 0.471 e. The van der Waals surface area contributed by atoms with Crippen molar-refractivity contribution in [3.8, 4) is 0 Å². The Hall–Kier alpha value is -1.60. The first-order valence-corrected chi connectivity index (χ1v) is 3.72. The average Bonchev–Trinajstić information content (AvgIpc) is 2.14. The van der Waals surface area contributed by atoms with E-state index in [1.807, 2.05) is 0 Å². The fourth-order valence-corrected chi connectivity index (χ4v) is 0.693. The van der Waals surface area contributed by atoms with Crippen LogP contribution in [0.3, 0.4) is 0 Å². The van der Waals surface area contributed by atoms with Gasteiger partial charge < -0.3 is 14.8 Å². The number of amides is 1. The number of hydrogen-bond donors (Lipinski definition) is 1. The normalized spacial score (nSPS) is 12.8. The van der Waals surface area contributed by atoms with Crippen LogP contribution in [0.15, 0.2) is 0 Å². The maximum atomic E-state index is 11.8. The number of carbonyl (C=O) groups is 3. The van der Waals surface area contributed by atoms with E-state index in [1.165, 1.54) is 5.32 Å². The van der Waals surface area contributed by atoms with Crippen LogP contribution in [-0.4, -0.2) is 37.5 Å². The summed E-state index contributed by atoms with van der Waals surface area (Å²) in [5.41, 5.74) is 0. The molecule has 8 heteroatoms. The number of nitrogens with one attached hydrogen (secondary N) is 1. The molecule has 1 amide bonds. The number of carbonyl (C=O) groups excluding carboxylic acids is 3. The van der Waals surface area contributed by atoms with E-state index in [9.17, 15) is 27.6 Å². The van der Waals surface area contributed by atoms with Crippen molar-refractivity contribution in [2.24, 2.45) is 0 Å². The van der Waals surface area contributed by atoms with E-state index in [2.05, 4.69) is 4.74 Å². The lowest BCUT2D eigenvalue weighted by molar-refractivity contribution is -0.175. The molecule has 5 nitrogen and oxygen atoms in total. The maximum Gasteiger partial charge on any atom is 0.471 e. The fourth-order valence-electron chi connectivity index (χ4n) is 0.693. The summed E-state index contributed by atoms with van der Waals surface area (Å²) in [5, 5.41) is 1.34. The minimum atomic E-state index is -5.10. The fraction of sp³-hybridized carbons (Fsp3) is 0.571. The Balaban J connectivity index is 4.48. The maximum absolute atomic E-state index is 11.8. The van der Waals surface area contributed by atoms with Gasteiger partial charge in [0.1, 0.15) is 12.3 Å². The van der Waals surface area contributed by atoms with Gasteiger partial charge in [-0.3, -0.25) is 4.79 Å². The van der Waals surface area contributed by atoms with Gasteiger partial charge in [-0.15, -0.1) is 0 Å². The van der Waals surface area contributed by atoms with Crippen molar-refractivity contribution in [1.82, 2.24) is 5.32 Å². The quantitative estimate of drug-likeness (QED) is 0.533. The summed E-state index contributed by atoms with van der Waals surface area (Å²) in [6.45, 7) is 0. The molecule has 0 aliphatic rings. The summed E-state index contributed by atoms with van der Waals surface area (Å²) in [5.74, 6) is -3.40. The number of alkyl halides is 3. The molecule has 0 unspecified atom stereocenters. The van der Waals surface area contributed by atoms with E-state index in [-0.39, 0.29) is 6.29 Å². The van der Waals surface area contributed by atoms with Crippen molar-refractivity contribution >= 4 is 18.2 Å². The molecule has 0 bridgehead atoms. The van der Waals surface area contributed by atoms with E-state index < -0.39 is 30.5 Å². The highest BCUT2D eigenvalue weighted by atomic mass is 19.4. The van der Waals surface area contributed by atoms with Crippen LogP contribution < -0.4 is 5.32 Å². The molecule has 86 valence electrons. The molecular formula is C7H8F3NO4. The summed E-state index contributed by atoms with van der Waals surface area (Å²) in [4.78, 5) is 31.2. The molecule has 0 radical (unpaired) electrons. The molecule has 0 aromatic carbocycles. The Morgan fingerprint density at radius 2 is 2.00 bits per heavy atom. The van der Waals surface area contributed by atoms with Gasteiger partial charge in [0, 0.05) is 6.42 Å². The molecule has 0 rings (SSSR count). The summed E-state index contributed by atoms with van der Waals surface area (Å²) in [7, 11) is 0.930. The van der Waals surface area contributed by atoms with Crippen molar-refractivity contribution < 1.29 is 32.3 Å². The lowest BCUT2D eigenvalue weighted by Crippen LogP contribution is -2.47. The van der Waals surface area contributed by atoms with Crippen LogP contribution in [0, 0.1) is 0 Å². The Bertz CT molecular complexity index is 263. The van der Waals surface area contributed by atoms with E-state index in [1.54, 1.807) is 0 Å². The number of esters is 1. The number of halogens is 3. The van der Waals surface area contributed by atoms with Gasteiger partial charge in [0.05, 0.1) is 7.11 Å². The topological polar surface area (TPSA) is 72.5 Å². The van der Waals surface area contributed by atoms with Crippen LogP contribution in [-0.2, 0) is 19.1 Å². The minimum Gasteiger partial charge on any atom is -0.467 e. The molecule has 0 saturated carbocycles. The Morgan fingerprint density at radius 1 is 1.47 bits per heavy atom. The first-order chi connectivity index (χ1) is 6.82. The number of methoxy groups -OCH3 is 1. The van der Waals surface area contributed by atoms with Crippen LogP contribution in [0.4, 0.5) is 13.2 Å². The highest BCUT2D eigenvalue weighted by molar-refractivity contribution is 5.88. The zero-order chi connectivity index (χ0) is 12.1. The molecule has 0 fully saturated rings. The number of aldehydes is 1. The minimum absolute atomic E-state index is 0.207. The molecule has 1 atom stereocenters. The lowest BCUT2D eigenvalue weighted by Gasteiger charge is -2.14. The number of ether oxygens (including phenoxy) is 1. The predicted molar refractivity (Wildman–Crippen MR) is 40.7 cm³/mol. The summed E-state index contributed by atoms with van der Waals surface area (Å²) in [6, 6.07) is -1.61. The van der Waals surface area contributed by atoms with Gasteiger partial charge in [-0.05, 0) is 0 Å². The monoisotopic (exact) mass is 227 g/mol. The van der Waals surface area contributed by atoms with E-state index >= 15 is 0 Å². The standard InChI is InChI=1S/C7H8F3NO4/c1-15-5(13)4(2-3-12)11-6(14)7(8,9)10/h3-4H,2H2,1H3,(H,11,14)/t4-/m0/s1. The highest BCUT2D eigenvalue weighted by Crippen LogP contribution is 2.14. The van der Waals surface area contributed by atoms with E-state index in [0.29, 0.717) is 0 Å². The van der Waals surface area contributed by atoms with E-state index in [0.717, 1.165) is 7.11 Å². The SMILES string of the molecule is COC(=O)[C@H](CC=O)NC(=O)C(F)(F)F. The van der Waals surface area contributed by atoms with Crippen molar-refractivity contribution in [2.45, 2.75) is 18.6 Å². The predicted octanol–water partition coefficient (Wildman–Crippen LogP) is -0.205. The van der Waals surface area contributed by atoms with Gasteiger partial charge in [-0.1, -0.05) is 0 Å². The molecule has 0 aliphatic heterocycles. The molecule has 0 aromatic rings. The summed E-state index contributed by atoms with van der Waals surface area (Å²) >= 11 is 0. The van der Waals surface area contributed by atoms with Gasteiger partial charge in [0.25, 0.3) is 0 Å². The van der Waals surface area contributed by atoms with E-state index in [4.69, 9.17) is 0 Å². The van der Waals surface area contributed by atoms with Crippen molar-refractivity contribution in [2.75, 3.05) is 7.11 Å². The van der Waals surface area contributed by atoms with Crippen molar-refractivity contribution in [1.29, 1.82) is 0 Å². The van der Waals surface area contributed by atoms with Gasteiger partial charge in [-0.25, -0.2) is 4.79 Å².